The van der Waals surface area contributed by atoms with Gasteiger partial charge >= 0.3 is 0 Å². The number of ether oxygens (including phenoxy) is 1. The van der Waals surface area contributed by atoms with E-state index in [0.29, 0.717) is 11.5 Å². The van der Waals surface area contributed by atoms with E-state index in [1.165, 1.54) is 25.1 Å². The number of ketones is 1. The van der Waals surface area contributed by atoms with Crippen molar-refractivity contribution in [2.75, 3.05) is 0 Å². The third kappa shape index (κ3) is 3.00. The van der Waals surface area contributed by atoms with Crippen LogP contribution in [-0.2, 0) is 0 Å². The van der Waals surface area contributed by atoms with E-state index in [2.05, 4.69) is 0 Å². The summed E-state index contributed by atoms with van der Waals surface area (Å²) >= 11 is 0. The third-order valence-electron chi connectivity index (χ3n) is 2.77. The average Bonchev–Trinajstić information content (AvgIpc) is 2.38. The standard InChI is InChI=1S/C15H13NO4/c1-10-4-3-5-12(8-10)20-13-6-7-15(16(18)19)14(9-13)11(2)17/h3-9H,1-2H3. The van der Waals surface area contributed by atoms with Crippen molar-refractivity contribution in [3.63, 3.8) is 0 Å². The van der Waals surface area contributed by atoms with Gasteiger partial charge in [0.25, 0.3) is 5.69 Å². The van der Waals surface area contributed by atoms with Gasteiger partial charge in [0.2, 0.25) is 0 Å². The summed E-state index contributed by atoms with van der Waals surface area (Å²) in [7, 11) is 0. The van der Waals surface area contributed by atoms with Gasteiger partial charge in [0.05, 0.1) is 10.5 Å². The quantitative estimate of drug-likeness (QED) is 0.480. The summed E-state index contributed by atoms with van der Waals surface area (Å²) in [6.45, 7) is 3.22. The maximum absolute atomic E-state index is 11.5. The van der Waals surface area contributed by atoms with Crippen molar-refractivity contribution in [2.24, 2.45) is 0 Å². The summed E-state index contributed by atoms with van der Waals surface area (Å²) in [5.41, 5.74) is 0.866. The molecule has 2 rings (SSSR count). The highest BCUT2D eigenvalue weighted by molar-refractivity contribution is 5.98. The number of aryl methyl sites for hydroxylation is 1. The van der Waals surface area contributed by atoms with E-state index in [-0.39, 0.29) is 17.0 Å². The van der Waals surface area contributed by atoms with Crippen LogP contribution < -0.4 is 4.74 Å². The molecule has 0 aliphatic carbocycles. The number of carbonyl (C=O) groups is 1. The molecule has 0 amide bonds. The Bertz CT molecular complexity index is 679. The summed E-state index contributed by atoms with van der Waals surface area (Å²) in [6, 6.07) is 11.6. The van der Waals surface area contributed by atoms with Gasteiger partial charge in [-0.05, 0) is 43.7 Å². The summed E-state index contributed by atoms with van der Waals surface area (Å²) in [4.78, 5) is 21.7. The molecule has 0 aromatic heterocycles. The molecule has 102 valence electrons. The molecule has 0 unspecified atom stereocenters. The van der Waals surface area contributed by atoms with E-state index < -0.39 is 4.92 Å². The summed E-state index contributed by atoms with van der Waals surface area (Å²) < 4.78 is 5.61. The Morgan fingerprint density at radius 2 is 1.85 bits per heavy atom. The van der Waals surface area contributed by atoms with Crippen molar-refractivity contribution in [1.29, 1.82) is 0 Å². The number of nitrogens with zero attached hydrogens (tertiary/aromatic N) is 1. The number of carbonyl (C=O) groups excluding carboxylic acids is 1. The summed E-state index contributed by atoms with van der Waals surface area (Å²) in [6.07, 6.45) is 0. The lowest BCUT2D eigenvalue weighted by atomic mass is 10.1. The molecule has 0 spiro atoms. The Morgan fingerprint density at radius 1 is 1.15 bits per heavy atom. The fourth-order valence-corrected chi connectivity index (χ4v) is 1.83. The molecule has 20 heavy (non-hydrogen) atoms. The lowest BCUT2D eigenvalue weighted by Gasteiger charge is -2.07. The van der Waals surface area contributed by atoms with Crippen molar-refractivity contribution in [3.05, 3.63) is 63.7 Å². The second-order valence-corrected chi connectivity index (χ2v) is 4.41. The van der Waals surface area contributed by atoms with Gasteiger partial charge in [-0.3, -0.25) is 14.9 Å². The molecule has 0 atom stereocenters. The van der Waals surface area contributed by atoms with Crippen LogP contribution in [0.4, 0.5) is 5.69 Å². The van der Waals surface area contributed by atoms with Crippen LogP contribution in [0.15, 0.2) is 42.5 Å². The second-order valence-electron chi connectivity index (χ2n) is 4.41. The monoisotopic (exact) mass is 271 g/mol. The Morgan fingerprint density at radius 3 is 2.45 bits per heavy atom. The molecule has 0 saturated heterocycles. The number of nitro benzene ring substituents is 1. The molecule has 0 bridgehead atoms. The van der Waals surface area contributed by atoms with Crippen LogP contribution in [-0.4, -0.2) is 10.7 Å². The minimum absolute atomic E-state index is 0.0418. The Hall–Kier alpha value is -2.69. The summed E-state index contributed by atoms with van der Waals surface area (Å²) in [5, 5.41) is 10.9. The molecule has 0 radical (unpaired) electrons. The predicted octanol–water partition coefficient (Wildman–Crippen LogP) is 3.90. The van der Waals surface area contributed by atoms with Crippen molar-refractivity contribution in [2.45, 2.75) is 13.8 Å². The second kappa shape index (κ2) is 5.52. The van der Waals surface area contributed by atoms with Gasteiger partial charge in [0.15, 0.2) is 5.78 Å². The molecular formula is C15H13NO4. The van der Waals surface area contributed by atoms with Crippen LogP contribution in [0, 0.1) is 17.0 Å². The first kappa shape index (κ1) is 13.7. The van der Waals surface area contributed by atoms with Gasteiger partial charge in [-0.25, -0.2) is 0 Å². The van der Waals surface area contributed by atoms with Crippen molar-refractivity contribution < 1.29 is 14.5 Å². The van der Waals surface area contributed by atoms with Gasteiger partial charge in [-0.2, -0.15) is 0 Å². The zero-order valence-electron chi connectivity index (χ0n) is 11.1. The first-order valence-corrected chi connectivity index (χ1v) is 6.01. The minimum atomic E-state index is -0.576. The molecule has 5 nitrogen and oxygen atoms in total. The fourth-order valence-electron chi connectivity index (χ4n) is 1.83. The molecule has 0 fully saturated rings. The Kier molecular flexibility index (Phi) is 3.79. The molecule has 5 heteroatoms. The van der Waals surface area contributed by atoms with Crippen LogP contribution in [0.1, 0.15) is 22.8 Å². The van der Waals surface area contributed by atoms with Crippen molar-refractivity contribution >= 4 is 11.5 Å². The first-order valence-electron chi connectivity index (χ1n) is 6.01. The molecule has 2 aromatic rings. The zero-order valence-corrected chi connectivity index (χ0v) is 11.1. The SMILES string of the molecule is CC(=O)c1cc(Oc2cccc(C)c2)ccc1[N+](=O)[O-]. The zero-order chi connectivity index (χ0) is 14.7. The highest BCUT2D eigenvalue weighted by Gasteiger charge is 2.18. The Balaban J connectivity index is 2.36. The smallest absolute Gasteiger partial charge is 0.280 e. The molecule has 0 aliphatic rings. The van der Waals surface area contributed by atoms with Gasteiger partial charge in [-0.15, -0.1) is 0 Å². The van der Waals surface area contributed by atoms with Crippen LogP contribution in [0.25, 0.3) is 0 Å². The maximum Gasteiger partial charge on any atom is 0.280 e. The Labute approximate surface area is 116 Å². The topological polar surface area (TPSA) is 69.4 Å². The molecule has 0 heterocycles. The van der Waals surface area contributed by atoms with Gasteiger partial charge in [0.1, 0.15) is 11.5 Å². The van der Waals surface area contributed by atoms with Gasteiger partial charge < -0.3 is 4.74 Å². The number of benzene rings is 2. The molecule has 2 aromatic carbocycles. The van der Waals surface area contributed by atoms with E-state index in [1.54, 1.807) is 6.07 Å². The number of hydrogen-bond acceptors (Lipinski definition) is 4. The lowest BCUT2D eigenvalue weighted by Crippen LogP contribution is -2.00. The minimum Gasteiger partial charge on any atom is -0.457 e. The van der Waals surface area contributed by atoms with E-state index in [1.807, 2.05) is 25.1 Å². The number of hydrogen-bond donors (Lipinski definition) is 0. The first-order chi connectivity index (χ1) is 9.47. The largest absolute Gasteiger partial charge is 0.457 e. The van der Waals surface area contributed by atoms with Crippen molar-refractivity contribution in [3.8, 4) is 11.5 Å². The number of Topliss-reactive ketones (excluding diaryl/α,β-unsaturated/α-hetero) is 1. The van der Waals surface area contributed by atoms with E-state index in [0.717, 1.165) is 5.56 Å². The van der Waals surface area contributed by atoms with Crippen LogP contribution in [0.2, 0.25) is 0 Å². The number of nitro groups is 1. The predicted molar refractivity (Wildman–Crippen MR) is 74.4 cm³/mol. The molecule has 0 saturated carbocycles. The van der Waals surface area contributed by atoms with Crippen molar-refractivity contribution in [1.82, 2.24) is 0 Å². The highest BCUT2D eigenvalue weighted by Crippen LogP contribution is 2.28. The van der Waals surface area contributed by atoms with E-state index in [9.17, 15) is 14.9 Å². The molecule has 0 N–H and O–H groups in total. The average molecular weight is 271 g/mol. The van der Waals surface area contributed by atoms with Crippen LogP contribution in [0.3, 0.4) is 0 Å². The van der Waals surface area contributed by atoms with Crippen LogP contribution in [0.5, 0.6) is 11.5 Å². The lowest BCUT2D eigenvalue weighted by molar-refractivity contribution is -0.385. The van der Waals surface area contributed by atoms with Gasteiger partial charge in [-0.1, -0.05) is 12.1 Å². The third-order valence-corrected chi connectivity index (χ3v) is 2.77. The fraction of sp³-hybridized carbons (Fsp3) is 0.133. The summed E-state index contributed by atoms with van der Waals surface area (Å²) in [5.74, 6) is 0.645. The van der Waals surface area contributed by atoms with Gasteiger partial charge in [0, 0.05) is 6.07 Å². The normalized spacial score (nSPS) is 10.1. The van der Waals surface area contributed by atoms with E-state index >= 15 is 0 Å². The highest BCUT2D eigenvalue weighted by atomic mass is 16.6. The molecule has 0 aliphatic heterocycles. The molecular weight excluding hydrogens is 258 g/mol. The van der Waals surface area contributed by atoms with E-state index in [4.69, 9.17) is 4.74 Å². The maximum atomic E-state index is 11.5. The number of rotatable bonds is 4. The van der Waals surface area contributed by atoms with Crippen LogP contribution >= 0.6 is 0 Å².